The zero-order valence-corrected chi connectivity index (χ0v) is 16.8. The molecule has 0 saturated heterocycles. The summed E-state index contributed by atoms with van der Waals surface area (Å²) in [4.78, 5) is 24.7. The van der Waals surface area contributed by atoms with Crippen molar-refractivity contribution in [1.82, 2.24) is 10.6 Å². The van der Waals surface area contributed by atoms with Crippen LogP contribution in [0.15, 0.2) is 36.4 Å². The molecule has 0 spiro atoms. The van der Waals surface area contributed by atoms with Gasteiger partial charge in [0.05, 0.1) is 12.1 Å². The van der Waals surface area contributed by atoms with Crippen LogP contribution in [-0.4, -0.2) is 36.6 Å². The summed E-state index contributed by atoms with van der Waals surface area (Å²) in [6.45, 7) is -0.269. The third-order valence-corrected chi connectivity index (χ3v) is 5.80. The van der Waals surface area contributed by atoms with Gasteiger partial charge in [0.25, 0.3) is 11.8 Å². The van der Waals surface area contributed by atoms with Crippen LogP contribution < -0.4 is 20.1 Å². The minimum Gasteiger partial charge on any atom is -0.496 e. The molecular weight excluding hydrogens is 418 g/mol. The van der Waals surface area contributed by atoms with Crippen molar-refractivity contribution in [2.75, 3.05) is 13.7 Å². The van der Waals surface area contributed by atoms with Crippen molar-refractivity contribution in [2.24, 2.45) is 0 Å². The first-order valence-electron chi connectivity index (χ1n) is 9.29. The minimum atomic E-state index is -0.655. The van der Waals surface area contributed by atoms with Gasteiger partial charge in [0.1, 0.15) is 28.7 Å². The molecule has 2 bridgehead atoms. The number of benzene rings is 2. The van der Waals surface area contributed by atoms with Crippen LogP contribution in [0.5, 0.6) is 11.5 Å². The number of ether oxygens (including phenoxy) is 2. The minimum absolute atomic E-state index is 0.0268. The second kappa shape index (κ2) is 7.43. The van der Waals surface area contributed by atoms with Crippen molar-refractivity contribution in [2.45, 2.75) is 30.3 Å². The quantitative estimate of drug-likeness (QED) is 0.698. The highest BCUT2D eigenvalue weighted by molar-refractivity contribution is 6.30. The van der Waals surface area contributed by atoms with Gasteiger partial charge in [0.2, 0.25) is 0 Å². The Labute approximate surface area is 176 Å². The molecule has 0 unspecified atom stereocenters. The topological polar surface area (TPSA) is 76.7 Å². The molecule has 2 aromatic rings. The van der Waals surface area contributed by atoms with Crippen LogP contribution in [0.4, 0.5) is 8.78 Å². The number of carbonyl (C=O) groups is 2. The maximum absolute atomic E-state index is 14.1. The van der Waals surface area contributed by atoms with E-state index in [0.717, 1.165) is 6.07 Å². The summed E-state index contributed by atoms with van der Waals surface area (Å²) in [6.07, 6.45) is 1.64. The number of hydrogen-bond donors (Lipinski definition) is 2. The Hall–Kier alpha value is -2.87. The summed E-state index contributed by atoms with van der Waals surface area (Å²) in [5, 5.41) is 5.73. The van der Waals surface area contributed by atoms with Crippen LogP contribution in [-0.2, 0) is 4.79 Å². The molecule has 2 aromatic carbocycles. The van der Waals surface area contributed by atoms with Crippen LogP contribution in [0.3, 0.4) is 0 Å². The van der Waals surface area contributed by atoms with Crippen LogP contribution >= 0.6 is 11.6 Å². The Morgan fingerprint density at radius 2 is 1.77 bits per heavy atom. The van der Waals surface area contributed by atoms with Gasteiger partial charge in [-0.1, -0.05) is 17.7 Å². The molecule has 3 aliphatic carbocycles. The van der Waals surface area contributed by atoms with Gasteiger partial charge >= 0.3 is 0 Å². The number of hydrogen-bond acceptors (Lipinski definition) is 4. The lowest BCUT2D eigenvalue weighted by atomic mass is 9.44. The average Bonchev–Trinajstić information content (AvgIpc) is 2.65. The molecule has 0 radical (unpaired) electrons. The third kappa shape index (κ3) is 3.67. The number of halogens is 3. The smallest absolute Gasteiger partial charge is 0.258 e. The normalized spacial score (nSPS) is 23.6. The van der Waals surface area contributed by atoms with Crippen molar-refractivity contribution in [3.05, 3.63) is 58.6 Å². The zero-order chi connectivity index (χ0) is 21.5. The van der Waals surface area contributed by atoms with Crippen molar-refractivity contribution in [1.29, 1.82) is 0 Å². The van der Waals surface area contributed by atoms with Crippen LogP contribution in [0.25, 0.3) is 0 Å². The fourth-order valence-electron chi connectivity index (χ4n) is 4.30. The van der Waals surface area contributed by atoms with E-state index in [1.165, 1.54) is 37.4 Å². The molecule has 3 fully saturated rings. The predicted octanol–water partition coefficient (Wildman–Crippen LogP) is 3.23. The molecule has 0 atom stereocenters. The fraction of sp³-hybridized carbons (Fsp3) is 0.333. The van der Waals surface area contributed by atoms with Gasteiger partial charge in [-0.15, -0.1) is 0 Å². The van der Waals surface area contributed by atoms with Crippen LogP contribution in [0.2, 0.25) is 5.02 Å². The molecule has 0 aliphatic heterocycles. The molecule has 9 heteroatoms. The van der Waals surface area contributed by atoms with Gasteiger partial charge in [0, 0.05) is 17.1 Å². The average molecular weight is 437 g/mol. The van der Waals surface area contributed by atoms with E-state index in [-0.39, 0.29) is 34.6 Å². The van der Waals surface area contributed by atoms with E-state index < -0.39 is 28.6 Å². The largest absolute Gasteiger partial charge is 0.496 e. The molecule has 0 heterocycles. The molecule has 158 valence electrons. The van der Waals surface area contributed by atoms with E-state index in [9.17, 15) is 18.4 Å². The maximum atomic E-state index is 14.1. The first-order valence-corrected chi connectivity index (χ1v) is 9.67. The molecule has 2 N–H and O–H groups in total. The Bertz CT molecular complexity index is 1010. The van der Waals surface area contributed by atoms with Crippen LogP contribution in [0, 0.1) is 11.6 Å². The fourth-order valence-corrected chi connectivity index (χ4v) is 4.42. The van der Waals surface area contributed by atoms with Gasteiger partial charge in [-0.25, -0.2) is 8.78 Å². The lowest BCUT2D eigenvalue weighted by molar-refractivity contribution is -0.141. The Kier molecular flexibility index (Phi) is 5.05. The van der Waals surface area contributed by atoms with Gasteiger partial charge in [-0.05, 0) is 43.5 Å². The lowest BCUT2D eigenvalue weighted by Gasteiger charge is -2.70. The molecule has 6 nitrogen and oxygen atoms in total. The number of nitrogens with one attached hydrogen (secondary N) is 2. The van der Waals surface area contributed by atoms with Gasteiger partial charge in [-0.3, -0.25) is 9.59 Å². The molecule has 3 aliphatic rings. The summed E-state index contributed by atoms with van der Waals surface area (Å²) in [5.74, 6) is -1.81. The van der Waals surface area contributed by atoms with E-state index in [1.807, 2.05) is 0 Å². The zero-order valence-electron chi connectivity index (χ0n) is 16.1. The summed E-state index contributed by atoms with van der Waals surface area (Å²) in [7, 11) is 1.37. The molecule has 0 aromatic heterocycles. The van der Waals surface area contributed by atoms with E-state index in [2.05, 4.69) is 10.6 Å². The molecule has 30 heavy (non-hydrogen) atoms. The lowest BCUT2D eigenvalue weighted by Crippen LogP contribution is -2.84. The second-order valence-electron chi connectivity index (χ2n) is 7.77. The number of amides is 2. The molecular formula is C21H19ClF2N2O4. The molecule has 5 rings (SSSR count). The third-order valence-electron chi connectivity index (χ3n) is 5.50. The van der Waals surface area contributed by atoms with E-state index in [4.69, 9.17) is 21.1 Å². The highest BCUT2D eigenvalue weighted by atomic mass is 35.5. The predicted molar refractivity (Wildman–Crippen MR) is 105 cm³/mol. The van der Waals surface area contributed by atoms with Crippen LogP contribution in [0.1, 0.15) is 29.6 Å². The molecule has 2 amide bonds. The van der Waals surface area contributed by atoms with Gasteiger partial charge in [-0.2, -0.15) is 0 Å². The van der Waals surface area contributed by atoms with E-state index in [1.54, 1.807) is 0 Å². The SMILES string of the molecule is COc1cccc(F)c1C(=O)NC12CC(NC(=O)COc3ccc(Cl)c(F)c3)(C1)C2. The summed E-state index contributed by atoms with van der Waals surface area (Å²) in [5.41, 5.74) is -0.998. The van der Waals surface area contributed by atoms with Gasteiger partial charge in [0.15, 0.2) is 6.61 Å². The second-order valence-corrected chi connectivity index (χ2v) is 8.18. The van der Waals surface area contributed by atoms with E-state index in [0.29, 0.717) is 19.3 Å². The van der Waals surface area contributed by atoms with Crippen molar-refractivity contribution in [3.8, 4) is 11.5 Å². The Morgan fingerprint density at radius 1 is 1.07 bits per heavy atom. The summed E-state index contributed by atoms with van der Waals surface area (Å²) >= 11 is 5.61. The molecule has 3 saturated carbocycles. The highest BCUT2D eigenvalue weighted by Crippen LogP contribution is 2.60. The summed E-state index contributed by atoms with van der Waals surface area (Å²) < 4.78 is 37.8. The number of carbonyl (C=O) groups excluding carboxylic acids is 2. The Morgan fingerprint density at radius 3 is 2.43 bits per heavy atom. The first-order chi connectivity index (χ1) is 14.2. The van der Waals surface area contributed by atoms with Gasteiger partial charge < -0.3 is 20.1 Å². The highest BCUT2D eigenvalue weighted by Gasteiger charge is 2.69. The Balaban J connectivity index is 1.28. The summed E-state index contributed by atoms with van der Waals surface area (Å²) in [6, 6.07) is 8.13. The standard InChI is InChI=1S/C21H19ClF2N2O4/c1-29-16-4-2-3-14(23)18(16)19(28)26-21-9-20(10-21,11-21)25-17(27)8-30-12-5-6-13(22)15(24)7-12/h2-7H,8-11H2,1H3,(H,25,27)(H,26,28). The van der Waals surface area contributed by atoms with E-state index >= 15 is 0 Å². The first kappa shape index (κ1) is 20.4. The number of methoxy groups -OCH3 is 1. The number of rotatable bonds is 7. The van der Waals surface area contributed by atoms with Crippen molar-refractivity contribution >= 4 is 23.4 Å². The van der Waals surface area contributed by atoms with Crippen molar-refractivity contribution < 1.29 is 27.8 Å². The monoisotopic (exact) mass is 436 g/mol. The van der Waals surface area contributed by atoms with Crippen molar-refractivity contribution in [3.63, 3.8) is 0 Å². The maximum Gasteiger partial charge on any atom is 0.258 e.